The van der Waals surface area contributed by atoms with Gasteiger partial charge in [0, 0.05) is 29.8 Å². The summed E-state index contributed by atoms with van der Waals surface area (Å²) in [4.78, 5) is 14.3. The molecule has 0 aromatic heterocycles. The first-order valence-electron chi connectivity index (χ1n) is 11.1. The van der Waals surface area contributed by atoms with E-state index < -0.39 is 21.3 Å². The first-order chi connectivity index (χ1) is 15.7. The van der Waals surface area contributed by atoms with Crippen molar-refractivity contribution in [3.05, 3.63) is 59.9 Å². The van der Waals surface area contributed by atoms with Gasteiger partial charge in [-0.2, -0.15) is 8.42 Å². The van der Waals surface area contributed by atoms with Crippen LogP contribution in [0.5, 0.6) is 0 Å². The molecule has 2 N–H and O–H groups in total. The monoisotopic (exact) mass is 472 g/mol. The molecule has 2 heterocycles. The molecule has 1 saturated heterocycles. The van der Waals surface area contributed by atoms with E-state index in [0.29, 0.717) is 18.7 Å². The van der Waals surface area contributed by atoms with Crippen LogP contribution in [0.25, 0.3) is 0 Å². The van der Waals surface area contributed by atoms with Gasteiger partial charge in [-0.15, -0.1) is 4.40 Å². The van der Waals surface area contributed by atoms with Crippen molar-refractivity contribution in [2.75, 3.05) is 24.5 Å². The van der Waals surface area contributed by atoms with Gasteiger partial charge in [-0.25, -0.2) is 4.39 Å². The predicted molar refractivity (Wildman–Crippen MR) is 126 cm³/mol. The number of rotatable bonds is 6. The number of amides is 1. The minimum Gasteiger partial charge on any atom is -0.354 e. The van der Waals surface area contributed by atoms with Crippen molar-refractivity contribution < 1.29 is 17.6 Å². The molecule has 1 fully saturated rings. The van der Waals surface area contributed by atoms with E-state index in [4.69, 9.17) is 0 Å². The number of anilines is 1. The first kappa shape index (κ1) is 23.4. The fraction of sp³-hybridized carbons (Fsp3) is 0.417. The van der Waals surface area contributed by atoms with Crippen LogP contribution in [-0.2, 0) is 14.8 Å². The van der Waals surface area contributed by atoms with E-state index in [0.717, 1.165) is 37.6 Å². The number of piperidine rings is 1. The van der Waals surface area contributed by atoms with Gasteiger partial charge in [0.1, 0.15) is 10.7 Å². The average Bonchev–Trinajstić information content (AvgIpc) is 3.07. The number of hydrogen-bond acceptors (Lipinski definition) is 5. The van der Waals surface area contributed by atoms with E-state index in [9.17, 15) is 17.6 Å². The van der Waals surface area contributed by atoms with Gasteiger partial charge in [-0.1, -0.05) is 38.5 Å². The number of sulfonamides is 1. The summed E-state index contributed by atoms with van der Waals surface area (Å²) in [7, 11) is -4.00. The molecule has 33 heavy (non-hydrogen) atoms. The summed E-state index contributed by atoms with van der Waals surface area (Å²) >= 11 is 0. The molecule has 1 unspecified atom stereocenters. The molecule has 2 aliphatic rings. The van der Waals surface area contributed by atoms with Crippen molar-refractivity contribution in [1.82, 2.24) is 10.6 Å². The van der Waals surface area contributed by atoms with E-state index in [2.05, 4.69) is 15.0 Å². The van der Waals surface area contributed by atoms with Crippen molar-refractivity contribution in [3.8, 4) is 0 Å². The Kier molecular flexibility index (Phi) is 6.54. The molecule has 2 aromatic carbocycles. The molecule has 2 aliphatic heterocycles. The highest BCUT2D eigenvalue weighted by Crippen LogP contribution is 2.32. The van der Waals surface area contributed by atoms with Crippen LogP contribution in [0.15, 0.2) is 57.8 Å². The van der Waals surface area contributed by atoms with Gasteiger partial charge in [-0.05, 0) is 49.7 Å². The number of benzene rings is 2. The summed E-state index contributed by atoms with van der Waals surface area (Å²) in [5.41, 5.74) is 0.707. The summed E-state index contributed by atoms with van der Waals surface area (Å²) in [5, 5.41) is 6.30. The number of carbonyl (C=O) groups is 1. The van der Waals surface area contributed by atoms with Crippen LogP contribution in [0, 0.1) is 11.2 Å². The topological polar surface area (TPSA) is 90.9 Å². The third-order valence-corrected chi connectivity index (χ3v) is 7.25. The normalized spacial score (nSPS) is 19.5. The SMILES string of the molecule is CC(C)(CNC(=O)C1CCCCN1)CN(C1=NS(=O)(=O)c2cc(F)ccc21)c1ccccc1. The second-order valence-electron chi connectivity index (χ2n) is 9.34. The molecule has 176 valence electrons. The maximum Gasteiger partial charge on any atom is 0.285 e. The van der Waals surface area contributed by atoms with Gasteiger partial charge in [-0.3, -0.25) is 4.79 Å². The van der Waals surface area contributed by atoms with Gasteiger partial charge in [0.25, 0.3) is 10.0 Å². The largest absolute Gasteiger partial charge is 0.354 e. The van der Waals surface area contributed by atoms with Crippen LogP contribution < -0.4 is 15.5 Å². The van der Waals surface area contributed by atoms with Crippen LogP contribution in [0.3, 0.4) is 0 Å². The van der Waals surface area contributed by atoms with Gasteiger partial charge < -0.3 is 15.5 Å². The van der Waals surface area contributed by atoms with Crippen LogP contribution in [0.1, 0.15) is 38.7 Å². The quantitative estimate of drug-likeness (QED) is 0.674. The Bertz CT molecular complexity index is 1160. The third kappa shape index (κ3) is 5.25. The number of nitrogens with zero attached hydrogens (tertiary/aromatic N) is 2. The number of halogens is 1. The van der Waals surface area contributed by atoms with E-state index in [1.54, 1.807) is 0 Å². The third-order valence-electron chi connectivity index (χ3n) is 5.95. The van der Waals surface area contributed by atoms with Crippen molar-refractivity contribution in [1.29, 1.82) is 0 Å². The van der Waals surface area contributed by atoms with Crippen molar-refractivity contribution in [2.45, 2.75) is 44.0 Å². The first-order valence-corrected chi connectivity index (χ1v) is 12.6. The van der Waals surface area contributed by atoms with E-state index in [1.807, 2.05) is 49.1 Å². The zero-order valence-electron chi connectivity index (χ0n) is 18.8. The Morgan fingerprint density at radius 2 is 1.97 bits per heavy atom. The fourth-order valence-corrected chi connectivity index (χ4v) is 5.43. The van der Waals surface area contributed by atoms with Gasteiger partial charge in [0.2, 0.25) is 5.91 Å². The lowest BCUT2D eigenvalue weighted by Crippen LogP contribution is -2.50. The number of fused-ring (bicyclic) bond motifs is 1. The summed E-state index contributed by atoms with van der Waals surface area (Å²) in [6.45, 7) is 5.65. The lowest BCUT2D eigenvalue weighted by Gasteiger charge is -2.34. The molecule has 0 spiro atoms. The fourth-order valence-electron chi connectivity index (χ4n) is 4.21. The van der Waals surface area contributed by atoms with Crippen LogP contribution in [-0.4, -0.2) is 45.8 Å². The second kappa shape index (κ2) is 9.23. The molecule has 0 saturated carbocycles. The summed E-state index contributed by atoms with van der Waals surface area (Å²) in [6, 6.07) is 12.9. The molecule has 1 amide bonds. The molecule has 7 nitrogen and oxygen atoms in total. The predicted octanol–water partition coefficient (Wildman–Crippen LogP) is 3.07. The zero-order chi connectivity index (χ0) is 23.6. The van der Waals surface area contributed by atoms with Crippen molar-refractivity contribution >= 4 is 27.5 Å². The maximum absolute atomic E-state index is 13.8. The highest BCUT2D eigenvalue weighted by atomic mass is 32.2. The standard InChI is InChI=1S/C24H29FN4O3S/c1-24(2,15-27-23(30)20-10-6-7-13-26-20)16-29(18-8-4-3-5-9-18)22-19-12-11-17(25)14-21(19)33(31,32)28-22/h3-5,8-9,11-12,14,20,26H,6-7,10,13,15-16H2,1-2H3,(H,27,30). The smallest absolute Gasteiger partial charge is 0.285 e. The Morgan fingerprint density at radius 1 is 1.21 bits per heavy atom. The number of amidine groups is 1. The molecule has 1 atom stereocenters. The molecule has 4 rings (SSSR count). The highest BCUT2D eigenvalue weighted by Gasteiger charge is 2.35. The van der Waals surface area contributed by atoms with E-state index >= 15 is 0 Å². The van der Waals surface area contributed by atoms with Crippen LogP contribution >= 0.6 is 0 Å². The second-order valence-corrected chi connectivity index (χ2v) is 10.9. The Hall–Kier alpha value is -2.78. The molecule has 2 aromatic rings. The van der Waals surface area contributed by atoms with E-state index in [-0.39, 0.29) is 22.7 Å². The lowest BCUT2D eigenvalue weighted by molar-refractivity contribution is -0.124. The molecule has 0 aliphatic carbocycles. The van der Waals surface area contributed by atoms with E-state index in [1.165, 1.54) is 12.1 Å². The van der Waals surface area contributed by atoms with Gasteiger partial charge in [0.15, 0.2) is 5.84 Å². The summed E-state index contributed by atoms with van der Waals surface area (Å²) in [6.07, 6.45) is 2.94. The summed E-state index contributed by atoms with van der Waals surface area (Å²) < 4.78 is 43.1. The molecular weight excluding hydrogens is 443 g/mol. The van der Waals surface area contributed by atoms with Crippen molar-refractivity contribution in [3.63, 3.8) is 0 Å². The molecule has 0 bridgehead atoms. The maximum atomic E-state index is 13.8. The minimum absolute atomic E-state index is 0.0179. The highest BCUT2D eigenvalue weighted by molar-refractivity contribution is 7.90. The Morgan fingerprint density at radius 3 is 2.67 bits per heavy atom. The number of nitrogens with one attached hydrogen (secondary N) is 2. The van der Waals surface area contributed by atoms with Gasteiger partial charge >= 0.3 is 0 Å². The number of para-hydroxylation sites is 1. The van der Waals surface area contributed by atoms with Crippen molar-refractivity contribution in [2.24, 2.45) is 9.81 Å². The molecule has 9 heteroatoms. The number of carbonyl (C=O) groups excluding carboxylic acids is 1. The Balaban J connectivity index is 1.59. The average molecular weight is 473 g/mol. The number of hydrogen-bond donors (Lipinski definition) is 2. The molecular formula is C24H29FN4O3S. The summed E-state index contributed by atoms with van der Waals surface area (Å²) in [5.74, 6) is -0.389. The minimum atomic E-state index is -4.00. The lowest BCUT2D eigenvalue weighted by atomic mass is 9.91. The van der Waals surface area contributed by atoms with Crippen LogP contribution in [0.2, 0.25) is 0 Å². The van der Waals surface area contributed by atoms with Crippen LogP contribution in [0.4, 0.5) is 10.1 Å². The Labute approximate surface area is 194 Å². The van der Waals surface area contributed by atoms with Gasteiger partial charge in [0.05, 0.1) is 6.04 Å². The zero-order valence-corrected chi connectivity index (χ0v) is 19.7. The molecule has 0 radical (unpaired) electrons.